The number of carbonyl (C=O) groups excluding carboxylic acids is 1. The molecule has 0 bridgehead atoms. The third kappa shape index (κ3) is 4.22. The van der Waals surface area contributed by atoms with Crippen molar-refractivity contribution >= 4 is 11.6 Å². The lowest BCUT2D eigenvalue weighted by atomic mass is 10.1. The van der Waals surface area contributed by atoms with Crippen LogP contribution in [0.2, 0.25) is 0 Å². The molecule has 7 heteroatoms. The minimum Gasteiger partial charge on any atom is -0.493 e. The van der Waals surface area contributed by atoms with Gasteiger partial charge >= 0.3 is 0 Å². The number of amides is 1. The molecule has 0 saturated heterocycles. The van der Waals surface area contributed by atoms with Gasteiger partial charge in [0.25, 0.3) is 5.69 Å². The largest absolute Gasteiger partial charge is 0.493 e. The summed E-state index contributed by atoms with van der Waals surface area (Å²) in [5.41, 5.74) is 0.209. The minimum absolute atomic E-state index is 0.116. The van der Waals surface area contributed by atoms with Crippen molar-refractivity contribution < 1.29 is 19.6 Å². The summed E-state index contributed by atoms with van der Waals surface area (Å²) in [5, 5.41) is 22.7. The molecule has 0 heterocycles. The van der Waals surface area contributed by atoms with Crippen LogP contribution in [0.3, 0.4) is 0 Å². The van der Waals surface area contributed by atoms with E-state index in [1.165, 1.54) is 32.2 Å². The van der Waals surface area contributed by atoms with Crippen LogP contribution in [0, 0.1) is 10.1 Å². The van der Waals surface area contributed by atoms with Crippen molar-refractivity contribution in [3.05, 3.63) is 33.9 Å². The van der Waals surface area contributed by atoms with Gasteiger partial charge in [-0.25, -0.2) is 0 Å². The Hall–Kier alpha value is -2.15. The number of nitro benzene ring substituents is 1. The monoisotopic (exact) mass is 268 g/mol. The first kappa shape index (κ1) is 14.9. The van der Waals surface area contributed by atoms with E-state index in [1.54, 1.807) is 0 Å². The number of nitrogens with zero attached hydrogens (tertiary/aromatic N) is 1. The summed E-state index contributed by atoms with van der Waals surface area (Å²) in [5.74, 6) is 0.171. The van der Waals surface area contributed by atoms with Crippen LogP contribution in [0.1, 0.15) is 25.0 Å². The molecule has 19 heavy (non-hydrogen) atoms. The van der Waals surface area contributed by atoms with E-state index in [1.807, 2.05) is 0 Å². The molecule has 0 aliphatic heterocycles. The van der Waals surface area contributed by atoms with E-state index in [2.05, 4.69) is 5.32 Å². The summed E-state index contributed by atoms with van der Waals surface area (Å²) in [7, 11) is 1.52. The standard InChI is InChI=1S/C12H16N2O5/c1-8(15)10-7-9(14(17)18)3-4-11(10)19-6-5-12(16)13-2/h3-4,7-8,15H,5-6H2,1-2H3,(H,13,16). The Morgan fingerprint density at radius 1 is 1.58 bits per heavy atom. The lowest BCUT2D eigenvalue weighted by molar-refractivity contribution is -0.385. The second-order valence-electron chi connectivity index (χ2n) is 3.93. The molecule has 0 aliphatic rings. The van der Waals surface area contributed by atoms with E-state index in [4.69, 9.17) is 4.74 Å². The highest BCUT2D eigenvalue weighted by Gasteiger charge is 2.15. The average molecular weight is 268 g/mol. The first-order chi connectivity index (χ1) is 8.95. The predicted octanol–water partition coefficient (Wildman–Crippen LogP) is 1.16. The number of hydrogen-bond acceptors (Lipinski definition) is 5. The molecule has 104 valence electrons. The number of carbonyl (C=O) groups is 1. The number of aliphatic hydroxyl groups is 1. The van der Waals surface area contributed by atoms with Crippen molar-refractivity contribution in [1.82, 2.24) is 5.32 Å². The zero-order valence-corrected chi connectivity index (χ0v) is 10.8. The van der Waals surface area contributed by atoms with Crippen LogP contribution in [0.15, 0.2) is 18.2 Å². The fraction of sp³-hybridized carbons (Fsp3) is 0.417. The molecule has 1 unspecified atom stereocenters. The quantitative estimate of drug-likeness (QED) is 0.595. The van der Waals surface area contributed by atoms with Crippen molar-refractivity contribution in [2.45, 2.75) is 19.4 Å². The smallest absolute Gasteiger partial charge is 0.270 e. The van der Waals surface area contributed by atoms with Gasteiger partial charge in [0.2, 0.25) is 5.91 Å². The van der Waals surface area contributed by atoms with Gasteiger partial charge in [-0.2, -0.15) is 0 Å². The first-order valence-electron chi connectivity index (χ1n) is 5.75. The third-order valence-corrected chi connectivity index (χ3v) is 2.52. The SMILES string of the molecule is CNC(=O)CCOc1ccc([N+](=O)[O-])cc1C(C)O. The number of aliphatic hydroxyl groups excluding tert-OH is 1. The second-order valence-corrected chi connectivity index (χ2v) is 3.93. The molecule has 0 spiro atoms. The Morgan fingerprint density at radius 2 is 2.26 bits per heavy atom. The summed E-state index contributed by atoms with van der Waals surface area (Å²) < 4.78 is 5.36. The van der Waals surface area contributed by atoms with Crippen molar-refractivity contribution in [1.29, 1.82) is 0 Å². The maximum absolute atomic E-state index is 11.0. The minimum atomic E-state index is -0.894. The van der Waals surface area contributed by atoms with E-state index in [9.17, 15) is 20.0 Å². The van der Waals surface area contributed by atoms with Crippen LogP contribution in [0.5, 0.6) is 5.75 Å². The lowest BCUT2D eigenvalue weighted by Gasteiger charge is -2.13. The van der Waals surface area contributed by atoms with Crippen molar-refractivity contribution in [3.8, 4) is 5.75 Å². The van der Waals surface area contributed by atoms with E-state index in [0.717, 1.165) is 0 Å². The topological polar surface area (TPSA) is 102 Å². The molecule has 1 amide bonds. The fourth-order valence-electron chi connectivity index (χ4n) is 1.49. The zero-order chi connectivity index (χ0) is 14.4. The van der Waals surface area contributed by atoms with Gasteiger partial charge in [-0.15, -0.1) is 0 Å². The van der Waals surface area contributed by atoms with Gasteiger partial charge in [-0.1, -0.05) is 0 Å². The number of nitrogens with one attached hydrogen (secondary N) is 1. The molecule has 0 radical (unpaired) electrons. The number of ether oxygens (including phenoxy) is 1. The molecular weight excluding hydrogens is 252 g/mol. The molecule has 0 fully saturated rings. The molecule has 1 aromatic carbocycles. The van der Waals surface area contributed by atoms with Gasteiger partial charge in [0, 0.05) is 24.7 Å². The zero-order valence-electron chi connectivity index (χ0n) is 10.8. The summed E-state index contributed by atoms with van der Waals surface area (Å²) in [6, 6.07) is 3.98. The Morgan fingerprint density at radius 3 is 2.79 bits per heavy atom. The Bertz CT molecular complexity index is 473. The predicted molar refractivity (Wildman–Crippen MR) is 67.9 cm³/mol. The maximum Gasteiger partial charge on any atom is 0.270 e. The number of hydrogen-bond donors (Lipinski definition) is 2. The molecular formula is C12H16N2O5. The summed E-state index contributed by atoms with van der Waals surface area (Å²) in [4.78, 5) is 21.2. The van der Waals surface area contributed by atoms with Crippen LogP contribution < -0.4 is 10.1 Å². The average Bonchev–Trinajstić information content (AvgIpc) is 2.38. The summed E-state index contributed by atoms with van der Waals surface area (Å²) in [6.07, 6.45) is -0.720. The van der Waals surface area contributed by atoms with Gasteiger partial charge in [-0.05, 0) is 13.0 Å². The fourth-order valence-corrected chi connectivity index (χ4v) is 1.49. The number of benzene rings is 1. The van der Waals surface area contributed by atoms with E-state index < -0.39 is 11.0 Å². The number of rotatable bonds is 6. The number of nitro groups is 1. The van der Waals surface area contributed by atoms with E-state index in [-0.39, 0.29) is 24.6 Å². The van der Waals surface area contributed by atoms with Crippen LogP contribution >= 0.6 is 0 Å². The molecule has 0 aromatic heterocycles. The van der Waals surface area contributed by atoms with Gasteiger partial charge < -0.3 is 15.2 Å². The van der Waals surface area contributed by atoms with Crippen molar-refractivity contribution in [2.24, 2.45) is 0 Å². The van der Waals surface area contributed by atoms with Gasteiger partial charge in [0.15, 0.2) is 0 Å². The Balaban J connectivity index is 2.82. The van der Waals surface area contributed by atoms with Crippen LogP contribution in [0.25, 0.3) is 0 Å². The lowest BCUT2D eigenvalue weighted by Crippen LogP contribution is -2.20. The highest BCUT2D eigenvalue weighted by molar-refractivity contribution is 5.75. The molecule has 7 nitrogen and oxygen atoms in total. The molecule has 0 aliphatic carbocycles. The van der Waals surface area contributed by atoms with Crippen molar-refractivity contribution in [3.63, 3.8) is 0 Å². The van der Waals surface area contributed by atoms with Gasteiger partial charge in [-0.3, -0.25) is 14.9 Å². The van der Waals surface area contributed by atoms with Crippen LogP contribution in [-0.2, 0) is 4.79 Å². The highest BCUT2D eigenvalue weighted by atomic mass is 16.6. The van der Waals surface area contributed by atoms with Crippen LogP contribution in [0.4, 0.5) is 5.69 Å². The molecule has 1 atom stereocenters. The van der Waals surface area contributed by atoms with Gasteiger partial charge in [0.1, 0.15) is 5.75 Å². The first-order valence-corrected chi connectivity index (χ1v) is 5.75. The highest BCUT2D eigenvalue weighted by Crippen LogP contribution is 2.29. The molecule has 1 rings (SSSR count). The molecule has 2 N–H and O–H groups in total. The van der Waals surface area contributed by atoms with E-state index in [0.29, 0.717) is 11.3 Å². The van der Waals surface area contributed by atoms with Gasteiger partial charge in [0.05, 0.1) is 24.1 Å². The summed E-state index contributed by atoms with van der Waals surface area (Å²) >= 11 is 0. The maximum atomic E-state index is 11.0. The van der Waals surface area contributed by atoms with Crippen LogP contribution in [-0.4, -0.2) is 29.6 Å². The second kappa shape index (κ2) is 6.69. The Kier molecular flexibility index (Phi) is 5.25. The molecule has 0 saturated carbocycles. The normalized spacial score (nSPS) is 11.7. The number of non-ortho nitro benzene ring substituents is 1. The molecule has 1 aromatic rings. The Labute approximate surface area is 110 Å². The summed E-state index contributed by atoms with van der Waals surface area (Å²) in [6.45, 7) is 1.63. The van der Waals surface area contributed by atoms with Crippen molar-refractivity contribution in [2.75, 3.05) is 13.7 Å². The third-order valence-electron chi connectivity index (χ3n) is 2.52. The van der Waals surface area contributed by atoms with E-state index >= 15 is 0 Å².